The maximum Gasteiger partial charge on any atom is 0.340 e. The molecule has 110 valence electrons. The summed E-state index contributed by atoms with van der Waals surface area (Å²) in [5.74, 6) is 0.0348. The lowest BCUT2D eigenvalue weighted by molar-refractivity contribution is 0.0527. The first kappa shape index (κ1) is 15.3. The second-order valence-electron chi connectivity index (χ2n) is 4.32. The molecule has 2 aromatic rings. The minimum atomic E-state index is -0.441. The van der Waals surface area contributed by atoms with E-state index < -0.39 is 5.97 Å². The van der Waals surface area contributed by atoms with E-state index in [-0.39, 0.29) is 0 Å². The van der Waals surface area contributed by atoms with Crippen LogP contribution in [0.4, 0.5) is 11.5 Å². The van der Waals surface area contributed by atoms with Gasteiger partial charge < -0.3 is 15.8 Å². The number of halogens is 1. The van der Waals surface area contributed by atoms with Gasteiger partial charge in [-0.1, -0.05) is 28.1 Å². The largest absolute Gasteiger partial charge is 0.462 e. The Labute approximate surface area is 131 Å². The molecule has 21 heavy (non-hydrogen) atoms. The highest BCUT2D eigenvalue weighted by atomic mass is 79.9. The maximum absolute atomic E-state index is 11.8. The summed E-state index contributed by atoms with van der Waals surface area (Å²) in [4.78, 5) is 15.9. The van der Waals surface area contributed by atoms with E-state index in [2.05, 4.69) is 26.2 Å². The summed E-state index contributed by atoms with van der Waals surface area (Å²) in [7, 11) is 0. The first-order chi connectivity index (χ1) is 10.1. The lowest BCUT2D eigenvalue weighted by Crippen LogP contribution is -2.11. The fraction of sp³-hybridized carbons (Fsp3) is 0.200. The summed E-state index contributed by atoms with van der Waals surface area (Å²) >= 11 is 3.39. The third kappa shape index (κ3) is 3.95. The summed E-state index contributed by atoms with van der Waals surface area (Å²) in [5.41, 5.74) is 7.68. The van der Waals surface area contributed by atoms with Gasteiger partial charge in [-0.05, 0) is 30.7 Å². The molecule has 0 unspecified atom stereocenters. The number of anilines is 2. The predicted octanol–water partition coefficient (Wildman–Crippen LogP) is 3.22. The zero-order valence-electron chi connectivity index (χ0n) is 11.6. The number of ether oxygens (including phenoxy) is 1. The first-order valence-corrected chi connectivity index (χ1v) is 7.31. The zero-order chi connectivity index (χ0) is 15.2. The van der Waals surface area contributed by atoms with Crippen LogP contribution in [0.2, 0.25) is 0 Å². The van der Waals surface area contributed by atoms with Crippen LogP contribution in [-0.4, -0.2) is 17.6 Å². The van der Waals surface area contributed by atoms with Crippen molar-refractivity contribution in [1.29, 1.82) is 0 Å². The van der Waals surface area contributed by atoms with Gasteiger partial charge in [-0.15, -0.1) is 0 Å². The number of nitrogens with two attached hydrogens (primary N) is 1. The minimum absolute atomic E-state index is 0.299. The van der Waals surface area contributed by atoms with Gasteiger partial charge in [0.2, 0.25) is 0 Å². The van der Waals surface area contributed by atoms with Crippen molar-refractivity contribution >= 4 is 33.4 Å². The van der Waals surface area contributed by atoms with E-state index >= 15 is 0 Å². The number of carbonyl (C=O) groups is 1. The molecule has 0 aliphatic carbocycles. The number of nitrogen functional groups attached to an aromatic ring is 1. The van der Waals surface area contributed by atoms with Crippen LogP contribution >= 0.6 is 15.9 Å². The molecule has 5 nitrogen and oxygen atoms in total. The summed E-state index contributed by atoms with van der Waals surface area (Å²) < 4.78 is 5.98. The van der Waals surface area contributed by atoms with Gasteiger partial charge in [0, 0.05) is 17.2 Å². The molecule has 0 radical (unpaired) electrons. The molecule has 1 aromatic carbocycles. The number of esters is 1. The summed E-state index contributed by atoms with van der Waals surface area (Å²) in [6.45, 7) is 2.63. The van der Waals surface area contributed by atoms with Crippen LogP contribution in [-0.2, 0) is 11.3 Å². The Morgan fingerprint density at radius 2 is 2.05 bits per heavy atom. The highest BCUT2D eigenvalue weighted by molar-refractivity contribution is 9.10. The average molecular weight is 350 g/mol. The third-order valence-electron chi connectivity index (χ3n) is 2.86. The van der Waals surface area contributed by atoms with E-state index in [1.807, 2.05) is 24.3 Å². The van der Waals surface area contributed by atoms with E-state index in [9.17, 15) is 4.79 Å². The van der Waals surface area contributed by atoms with Crippen molar-refractivity contribution in [2.24, 2.45) is 0 Å². The molecule has 0 aliphatic rings. The molecule has 1 aromatic heterocycles. The normalized spacial score (nSPS) is 10.2. The van der Waals surface area contributed by atoms with Crippen molar-refractivity contribution in [3.63, 3.8) is 0 Å². The smallest absolute Gasteiger partial charge is 0.340 e. The number of benzene rings is 1. The topological polar surface area (TPSA) is 77.2 Å². The Balaban J connectivity index is 2.11. The predicted molar refractivity (Wildman–Crippen MR) is 86.1 cm³/mol. The molecule has 0 saturated carbocycles. The maximum atomic E-state index is 11.8. The number of aromatic nitrogens is 1. The highest BCUT2D eigenvalue weighted by Crippen LogP contribution is 2.21. The molecule has 6 heteroatoms. The minimum Gasteiger partial charge on any atom is -0.462 e. The molecule has 0 spiro atoms. The van der Waals surface area contributed by atoms with E-state index in [1.54, 1.807) is 13.0 Å². The molecule has 0 aliphatic heterocycles. The SMILES string of the molecule is CCOC(=O)c1ccnc(NCc2ccc(Br)cc2)c1N. The highest BCUT2D eigenvalue weighted by Gasteiger charge is 2.14. The summed E-state index contributed by atoms with van der Waals surface area (Å²) in [6.07, 6.45) is 1.53. The number of carbonyl (C=O) groups excluding carboxylic acids is 1. The fourth-order valence-corrected chi connectivity index (χ4v) is 2.05. The van der Waals surface area contributed by atoms with Crippen molar-refractivity contribution in [2.45, 2.75) is 13.5 Å². The Kier molecular flexibility index (Phi) is 5.16. The molecule has 1 heterocycles. The molecule has 2 rings (SSSR count). The van der Waals surface area contributed by atoms with Gasteiger partial charge in [0.15, 0.2) is 0 Å². The van der Waals surface area contributed by atoms with Crippen molar-refractivity contribution < 1.29 is 9.53 Å². The van der Waals surface area contributed by atoms with E-state index in [1.165, 1.54) is 6.20 Å². The van der Waals surface area contributed by atoms with Crippen LogP contribution in [0.5, 0.6) is 0 Å². The number of nitrogens with zero attached hydrogens (tertiary/aromatic N) is 1. The number of rotatable bonds is 5. The van der Waals surface area contributed by atoms with E-state index in [0.29, 0.717) is 30.2 Å². The van der Waals surface area contributed by atoms with Gasteiger partial charge in [-0.25, -0.2) is 9.78 Å². The number of hydrogen-bond acceptors (Lipinski definition) is 5. The van der Waals surface area contributed by atoms with Crippen molar-refractivity contribution in [3.8, 4) is 0 Å². The number of pyridine rings is 1. The monoisotopic (exact) mass is 349 g/mol. The second kappa shape index (κ2) is 7.08. The summed E-state index contributed by atoms with van der Waals surface area (Å²) in [5, 5.41) is 3.13. The van der Waals surface area contributed by atoms with Crippen LogP contribution in [0.1, 0.15) is 22.8 Å². The van der Waals surface area contributed by atoms with Gasteiger partial charge in [0.05, 0.1) is 17.9 Å². The van der Waals surface area contributed by atoms with Crippen LogP contribution in [0.3, 0.4) is 0 Å². The second-order valence-corrected chi connectivity index (χ2v) is 5.24. The van der Waals surface area contributed by atoms with Gasteiger partial charge >= 0.3 is 5.97 Å². The first-order valence-electron chi connectivity index (χ1n) is 6.51. The Morgan fingerprint density at radius 1 is 1.33 bits per heavy atom. The summed E-state index contributed by atoms with van der Waals surface area (Å²) in [6, 6.07) is 9.45. The lowest BCUT2D eigenvalue weighted by Gasteiger charge is -2.11. The van der Waals surface area contributed by atoms with E-state index in [0.717, 1.165) is 10.0 Å². The standard InChI is InChI=1S/C15H16BrN3O2/c1-2-21-15(20)12-7-8-18-14(13(12)17)19-9-10-3-5-11(16)6-4-10/h3-8H,2,9,17H2,1H3,(H,18,19). The molecule has 0 atom stereocenters. The Bertz CT molecular complexity index is 629. The van der Waals surface area contributed by atoms with Crippen molar-refractivity contribution in [2.75, 3.05) is 17.7 Å². The fourth-order valence-electron chi connectivity index (χ4n) is 1.79. The zero-order valence-corrected chi connectivity index (χ0v) is 13.2. The molecular weight excluding hydrogens is 334 g/mol. The molecule has 0 amide bonds. The quantitative estimate of drug-likeness (QED) is 0.810. The van der Waals surface area contributed by atoms with Gasteiger partial charge in [-0.3, -0.25) is 0 Å². The van der Waals surface area contributed by atoms with E-state index in [4.69, 9.17) is 10.5 Å². The van der Waals surface area contributed by atoms with Gasteiger partial charge in [0.25, 0.3) is 0 Å². The van der Waals surface area contributed by atoms with Crippen LogP contribution in [0, 0.1) is 0 Å². The molecule has 0 saturated heterocycles. The van der Waals surface area contributed by atoms with Crippen molar-refractivity contribution in [3.05, 3.63) is 52.1 Å². The van der Waals surface area contributed by atoms with Gasteiger partial charge in [-0.2, -0.15) is 0 Å². The number of hydrogen-bond donors (Lipinski definition) is 2. The van der Waals surface area contributed by atoms with Crippen molar-refractivity contribution in [1.82, 2.24) is 4.98 Å². The van der Waals surface area contributed by atoms with Crippen LogP contribution < -0.4 is 11.1 Å². The lowest BCUT2D eigenvalue weighted by atomic mass is 10.2. The molecule has 0 bridgehead atoms. The molecule has 3 N–H and O–H groups in total. The average Bonchev–Trinajstić information content (AvgIpc) is 2.48. The molecule has 0 fully saturated rings. The van der Waals surface area contributed by atoms with Crippen LogP contribution in [0.15, 0.2) is 41.0 Å². The third-order valence-corrected chi connectivity index (χ3v) is 3.39. The van der Waals surface area contributed by atoms with Crippen LogP contribution in [0.25, 0.3) is 0 Å². The van der Waals surface area contributed by atoms with Gasteiger partial charge in [0.1, 0.15) is 5.82 Å². The Morgan fingerprint density at radius 3 is 2.71 bits per heavy atom. The number of nitrogens with one attached hydrogen (secondary N) is 1. The Hall–Kier alpha value is -2.08. The molecular formula is C15H16BrN3O2.